The molecule has 0 spiro atoms. The van der Waals surface area contributed by atoms with E-state index in [4.69, 9.17) is 24.8 Å². The van der Waals surface area contributed by atoms with Crippen LogP contribution in [0.1, 0.15) is 194 Å². The molecule has 0 heterocycles. The molecule has 0 amide bonds. The lowest BCUT2D eigenvalue weighted by Crippen LogP contribution is -2.34. The first-order valence-electron chi connectivity index (χ1n) is 24.0. The highest BCUT2D eigenvalue weighted by Gasteiger charge is 2.28. The maximum Gasteiger partial charge on any atom is 0.472 e. The van der Waals surface area contributed by atoms with Gasteiger partial charge in [-0.1, -0.05) is 177 Å². The van der Waals surface area contributed by atoms with E-state index in [2.05, 4.69) is 73.1 Å². The van der Waals surface area contributed by atoms with Crippen molar-refractivity contribution in [2.45, 2.75) is 206 Å². The van der Waals surface area contributed by atoms with Crippen molar-refractivity contribution < 1.29 is 47.5 Å². The monoisotopic (exact) mass is 892 g/mol. The minimum Gasteiger partial charge on any atom is -0.480 e. The van der Waals surface area contributed by atoms with Gasteiger partial charge in [-0.05, 0) is 77.0 Å². The number of esters is 2. The van der Waals surface area contributed by atoms with Gasteiger partial charge in [-0.15, -0.1) is 0 Å². The number of aliphatic carboxylic acids is 1. The van der Waals surface area contributed by atoms with Gasteiger partial charge in [0, 0.05) is 12.8 Å². The van der Waals surface area contributed by atoms with Crippen LogP contribution in [0.15, 0.2) is 72.9 Å². The van der Waals surface area contributed by atoms with E-state index in [9.17, 15) is 23.8 Å². The summed E-state index contributed by atoms with van der Waals surface area (Å²) >= 11 is 0. The molecule has 0 aliphatic carbocycles. The van der Waals surface area contributed by atoms with Crippen LogP contribution in [-0.2, 0) is 37.5 Å². The molecule has 0 bridgehead atoms. The molecule has 11 nitrogen and oxygen atoms in total. The number of phosphoric ester groups is 1. The molecule has 3 atom stereocenters. The van der Waals surface area contributed by atoms with E-state index in [1.165, 1.54) is 103 Å². The number of rotatable bonds is 44. The van der Waals surface area contributed by atoms with Gasteiger partial charge >= 0.3 is 25.7 Å². The third-order valence-electron chi connectivity index (χ3n) is 9.93. The Kier molecular flexibility index (Phi) is 42.3. The second-order valence-corrected chi connectivity index (χ2v) is 17.3. The molecule has 0 aromatic carbocycles. The molecule has 1 unspecified atom stereocenters. The maximum atomic E-state index is 12.6. The first-order chi connectivity index (χ1) is 30.1. The van der Waals surface area contributed by atoms with E-state index in [0.717, 1.165) is 38.5 Å². The predicted molar refractivity (Wildman–Crippen MR) is 254 cm³/mol. The lowest BCUT2D eigenvalue weighted by atomic mass is 10.1. The number of hydrogen-bond donors (Lipinski definition) is 3. The van der Waals surface area contributed by atoms with E-state index >= 15 is 0 Å². The third kappa shape index (κ3) is 43.6. The second-order valence-electron chi connectivity index (χ2n) is 15.9. The molecular formula is C50H86NO10P. The van der Waals surface area contributed by atoms with Crippen molar-refractivity contribution in [3.63, 3.8) is 0 Å². The molecule has 356 valence electrons. The molecule has 12 heteroatoms. The molecular weight excluding hydrogens is 806 g/mol. The number of phosphoric acid groups is 1. The van der Waals surface area contributed by atoms with Gasteiger partial charge in [-0.25, -0.2) is 4.57 Å². The fraction of sp³-hybridized carbons (Fsp3) is 0.700. The van der Waals surface area contributed by atoms with E-state index in [0.29, 0.717) is 25.7 Å². The number of ether oxygens (including phenoxy) is 2. The molecule has 0 aromatic rings. The van der Waals surface area contributed by atoms with E-state index in [1.54, 1.807) is 0 Å². The minimum absolute atomic E-state index is 0.0739. The maximum absolute atomic E-state index is 12.6. The Morgan fingerprint density at radius 1 is 0.500 bits per heavy atom. The van der Waals surface area contributed by atoms with Crippen molar-refractivity contribution in [2.24, 2.45) is 5.73 Å². The zero-order valence-electron chi connectivity index (χ0n) is 38.7. The van der Waals surface area contributed by atoms with Crippen LogP contribution in [0.4, 0.5) is 0 Å². The van der Waals surface area contributed by atoms with Crippen molar-refractivity contribution in [3.05, 3.63) is 72.9 Å². The lowest BCUT2D eigenvalue weighted by Gasteiger charge is -2.20. The summed E-state index contributed by atoms with van der Waals surface area (Å²) in [5.41, 5.74) is 5.34. The van der Waals surface area contributed by atoms with E-state index < -0.39 is 57.7 Å². The number of unbranched alkanes of at least 4 members (excludes halogenated alkanes) is 18. The SMILES string of the molecule is CCCCCCCCC/C=C/C/C=C/C/C=C/C/C=C/CCCC(=O)O[C@H](COC(=O)CCC/C=C/C/C=C/CCCCCCCCCCC)COP(=O)(O)OC[C@H](N)C(=O)O. The Labute approximate surface area is 376 Å². The van der Waals surface area contributed by atoms with Gasteiger partial charge in [0.05, 0.1) is 13.2 Å². The smallest absolute Gasteiger partial charge is 0.472 e. The van der Waals surface area contributed by atoms with Crippen molar-refractivity contribution in [2.75, 3.05) is 19.8 Å². The van der Waals surface area contributed by atoms with Crippen LogP contribution in [0.25, 0.3) is 0 Å². The second kappa shape index (κ2) is 44.5. The van der Waals surface area contributed by atoms with E-state index in [1.807, 2.05) is 18.2 Å². The normalized spacial score (nSPS) is 14.3. The number of carbonyl (C=O) groups excluding carboxylic acids is 2. The number of nitrogens with two attached hydrogens (primary N) is 1. The largest absolute Gasteiger partial charge is 0.480 e. The van der Waals surface area contributed by atoms with Gasteiger partial charge in [0.1, 0.15) is 12.6 Å². The Hall–Kier alpha value is -3.08. The predicted octanol–water partition coefficient (Wildman–Crippen LogP) is 13.3. The highest BCUT2D eigenvalue weighted by Crippen LogP contribution is 2.43. The summed E-state index contributed by atoms with van der Waals surface area (Å²) in [6.45, 7) is 2.71. The highest BCUT2D eigenvalue weighted by atomic mass is 31.2. The fourth-order valence-electron chi connectivity index (χ4n) is 6.16. The van der Waals surface area contributed by atoms with Gasteiger partial charge in [0.2, 0.25) is 0 Å². The minimum atomic E-state index is -4.75. The molecule has 0 aliphatic rings. The molecule has 0 saturated heterocycles. The van der Waals surface area contributed by atoms with Crippen molar-refractivity contribution in [1.82, 2.24) is 0 Å². The summed E-state index contributed by atoms with van der Waals surface area (Å²) in [7, 11) is -4.75. The molecule has 0 aliphatic heterocycles. The average Bonchev–Trinajstić information content (AvgIpc) is 3.25. The first-order valence-corrected chi connectivity index (χ1v) is 25.5. The zero-order chi connectivity index (χ0) is 45.6. The quantitative estimate of drug-likeness (QED) is 0.0230. The number of allylic oxidation sites excluding steroid dienone is 12. The Morgan fingerprint density at radius 3 is 1.27 bits per heavy atom. The van der Waals surface area contributed by atoms with Crippen LogP contribution >= 0.6 is 7.82 Å². The molecule has 0 fully saturated rings. The average molecular weight is 892 g/mol. The van der Waals surface area contributed by atoms with Crippen LogP contribution in [0, 0.1) is 0 Å². The Balaban J connectivity index is 4.47. The summed E-state index contributed by atoms with van der Waals surface area (Å²) in [6.07, 6.45) is 54.2. The molecule has 0 rings (SSSR count). The fourth-order valence-corrected chi connectivity index (χ4v) is 6.93. The summed E-state index contributed by atoms with van der Waals surface area (Å²) in [5, 5.41) is 8.90. The number of hydrogen-bond acceptors (Lipinski definition) is 9. The van der Waals surface area contributed by atoms with Gasteiger partial charge in [0.15, 0.2) is 6.10 Å². The summed E-state index contributed by atoms with van der Waals surface area (Å²) in [6, 6.07) is -1.54. The Morgan fingerprint density at radius 2 is 0.855 bits per heavy atom. The van der Waals surface area contributed by atoms with Crippen molar-refractivity contribution >= 4 is 25.7 Å². The highest BCUT2D eigenvalue weighted by molar-refractivity contribution is 7.47. The molecule has 0 saturated carbocycles. The number of carbonyl (C=O) groups is 3. The van der Waals surface area contributed by atoms with Gasteiger partial charge in [-0.2, -0.15) is 0 Å². The summed E-state index contributed by atoms with van der Waals surface area (Å²) in [4.78, 5) is 46.0. The standard InChI is InChI=1S/C50H86NO10P/c1-3-5-7-9-11-13-15-17-19-21-22-23-24-26-28-30-32-34-36-38-40-42-49(53)61-46(44-59-62(56,57)60-45-47(51)50(54)55)43-58-48(52)41-39-37-35-33-31-29-27-25-20-18-16-14-12-10-8-6-4-2/h19,21,23-24,27-30,33-36,46-47H,3-18,20,22,25-26,31-32,37-45,51H2,1-2H3,(H,54,55)(H,56,57)/b21-19+,24-23+,29-27+,30-28+,35-33+,36-34+/t46-,47+/m1/s1. The van der Waals surface area contributed by atoms with Crippen LogP contribution in [0.2, 0.25) is 0 Å². The summed E-state index contributed by atoms with van der Waals surface area (Å²) < 4.78 is 32.7. The third-order valence-corrected chi connectivity index (χ3v) is 10.9. The number of carboxylic acid groups (broad SMARTS) is 1. The Bertz CT molecular complexity index is 1320. The van der Waals surface area contributed by atoms with Gasteiger partial charge < -0.3 is 25.2 Å². The van der Waals surface area contributed by atoms with Crippen molar-refractivity contribution in [1.29, 1.82) is 0 Å². The number of carboxylic acids is 1. The van der Waals surface area contributed by atoms with E-state index in [-0.39, 0.29) is 12.8 Å². The van der Waals surface area contributed by atoms with Crippen molar-refractivity contribution in [3.8, 4) is 0 Å². The van der Waals surface area contributed by atoms with Crippen LogP contribution in [0.3, 0.4) is 0 Å². The zero-order valence-corrected chi connectivity index (χ0v) is 39.6. The molecule has 0 aromatic heterocycles. The van der Waals surface area contributed by atoms with Gasteiger partial charge in [-0.3, -0.25) is 23.4 Å². The van der Waals surface area contributed by atoms with Crippen LogP contribution in [0.5, 0.6) is 0 Å². The molecule has 62 heavy (non-hydrogen) atoms. The topological polar surface area (TPSA) is 172 Å². The van der Waals surface area contributed by atoms with Gasteiger partial charge in [0.25, 0.3) is 0 Å². The summed E-state index contributed by atoms with van der Waals surface area (Å²) in [5.74, 6) is -2.51. The molecule has 0 radical (unpaired) electrons. The lowest BCUT2D eigenvalue weighted by molar-refractivity contribution is -0.161. The first kappa shape index (κ1) is 58.9. The molecule has 4 N–H and O–H groups in total. The van der Waals surface area contributed by atoms with Crippen LogP contribution < -0.4 is 5.73 Å². The van der Waals surface area contributed by atoms with Crippen LogP contribution in [-0.4, -0.2) is 59.9 Å².